The first-order valence-corrected chi connectivity index (χ1v) is 8.12. The summed E-state index contributed by atoms with van der Waals surface area (Å²) in [7, 11) is 0. The Labute approximate surface area is 151 Å². The molecule has 0 atom stereocenters. The van der Waals surface area contributed by atoms with Crippen LogP contribution in [0.25, 0.3) is 0 Å². The van der Waals surface area contributed by atoms with Crippen LogP contribution < -0.4 is 10.7 Å². The number of carbonyl (C=O) groups excluding carboxylic acids is 2. The highest BCUT2D eigenvalue weighted by Gasteiger charge is 2.08. The lowest BCUT2D eigenvalue weighted by molar-refractivity contribution is -0.126. The smallest absolute Gasteiger partial charge is 0.240 e. The van der Waals surface area contributed by atoms with Crippen molar-refractivity contribution in [3.8, 4) is 11.5 Å². The summed E-state index contributed by atoms with van der Waals surface area (Å²) >= 11 is 0. The average Bonchev–Trinajstić information content (AvgIpc) is 2.63. The van der Waals surface area contributed by atoms with Crippen molar-refractivity contribution in [3.05, 3.63) is 59.7 Å². The minimum Gasteiger partial charge on any atom is -0.508 e. The van der Waals surface area contributed by atoms with Gasteiger partial charge in [-0.25, -0.2) is 5.43 Å². The summed E-state index contributed by atoms with van der Waals surface area (Å²) in [6, 6.07) is 13.6. The number of phenolic OH excluding ortho intramolecular Hbond substituents is 2. The number of hydrogen-bond acceptors (Lipinski definition) is 5. The first-order valence-electron chi connectivity index (χ1n) is 8.12. The Balaban J connectivity index is 1.76. The molecule has 26 heavy (non-hydrogen) atoms. The molecule has 0 spiro atoms. The lowest BCUT2D eigenvalue weighted by Crippen LogP contribution is -2.26. The van der Waals surface area contributed by atoms with Crippen molar-refractivity contribution in [2.75, 3.05) is 0 Å². The van der Waals surface area contributed by atoms with Crippen LogP contribution in [0.1, 0.15) is 30.9 Å². The van der Waals surface area contributed by atoms with Gasteiger partial charge >= 0.3 is 0 Å². The van der Waals surface area contributed by atoms with Crippen LogP contribution in [0, 0.1) is 0 Å². The third kappa shape index (κ3) is 5.94. The number of carbonyl (C=O) groups is 2. The fraction of sp³-hybridized carbons (Fsp3) is 0.211. The highest BCUT2D eigenvalue weighted by Crippen LogP contribution is 2.22. The fourth-order valence-corrected chi connectivity index (χ4v) is 2.20. The third-order valence-corrected chi connectivity index (χ3v) is 3.63. The van der Waals surface area contributed by atoms with Gasteiger partial charge in [0.15, 0.2) is 0 Å². The molecule has 0 unspecified atom stereocenters. The zero-order chi connectivity index (χ0) is 18.9. The normalized spacial score (nSPS) is 11.0. The molecule has 7 nitrogen and oxygen atoms in total. The Hall–Kier alpha value is -3.35. The monoisotopic (exact) mass is 355 g/mol. The molecule has 136 valence electrons. The fourth-order valence-electron chi connectivity index (χ4n) is 2.20. The van der Waals surface area contributed by atoms with E-state index in [2.05, 4.69) is 15.8 Å². The summed E-state index contributed by atoms with van der Waals surface area (Å²) in [6.07, 6.45) is 0.0522. The average molecular weight is 355 g/mol. The molecule has 2 aromatic carbocycles. The maximum Gasteiger partial charge on any atom is 0.240 e. The van der Waals surface area contributed by atoms with Crippen LogP contribution in [0.2, 0.25) is 0 Å². The van der Waals surface area contributed by atoms with Gasteiger partial charge in [0.05, 0.1) is 5.71 Å². The molecular formula is C19H21N3O4. The van der Waals surface area contributed by atoms with E-state index in [4.69, 9.17) is 0 Å². The highest BCUT2D eigenvalue weighted by atomic mass is 16.3. The van der Waals surface area contributed by atoms with Gasteiger partial charge in [-0.15, -0.1) is 0 Å². The lowest BCUT2D eigenvalue weighted by atomic mass is 10.1. The predicted molar refractivity (Wildman–Crippen MR) is 97.6 cm³/mol. The Morgan fingerprint density at radius 3 is 2.38 bits per heavy atom. The maximum atomic E-state index is 11.8. The minimum absolute atomic E-state index is 0.00103. The van der Waals surface area contributed by atoms with Crippen LogP contribution in [0.5, 0.6) is 11.5 Å². The van der Waals surface area contributed by atoms with Crippen LogP contribution in [0.3, 0.4) is 0 Å². The molecule has 0 radical (unpaired) electrons. The molecule has 0 fully saturated rings. The molecule has 0 aliphatic carbocycles. The van der Waals surface area contributed by atoms with Crippen LogP contribution in [0.15, 0.2) is 53.6 Å². The minimum atomic E-state index is -0.405. The predicted octanol–water partition coefficient (Wildman–Crippen LogP) is 2.03. The summed E-state index contributed by atoms with van der Waals surface area (Å²) in [5.41, 5.74) is 4.10. The first-order chi connectivity index (χ1) is 12.5. The van der Waals surface area contributed by atoms with Crippen LogP contribution in [-0.2, 0) is 16.1 Å². The Morgan fingerprint density at radius 2 is 1.69 bits per heavy atom. The Bertz CT molecular complexity index is 804. The van der Waals surface area contributed by atoms with Crippen molar-refractivity contribution in [1.82, 2.24) is 10.7 Å². The van der Waals surface area contributed by atoms with Crippen molar-refractivity contribution in [2.45, 2.75) is 26.3 Å². The summed E-state index contributed by atoms with van der Waals surface area (Å²) in [5, 5.41) is 25.7. The van der Waals surface area contributed by atoms with Gasteiger partial charge in [-0.3, -0.25) is 9.59 Å². The van der Waals surface area contributed by atoms with E-state index in [0.717, 1.165) is 5.56 Å². The van der Waals surface area contributed by atoms with Gasteiger partial charge < -0.3 is 15.5 Å². The van der Waals surface area contributed by atoms with Gasteiger partial charge in [0.1, 0.15) is 11.5 Å². The van der Waals surface area contributed by atoms with Gasteiger partial charge in [-0.05, 0) is 24.6 Å². The Kier molecular flexibility index (Phi) is 6.73. The van der Waals surface area contributed by atoms with Crippen molar-refractivity contribution in [1.29, 1.82) is 0 Å². The SMILES string of the molecule is CC(=NNC(=O)CCC(=O)NCc1ccccc1)c1ccc(O)cc1O. The van der Waals surface area contributed by atoms with Crippen molar-refractivity contribution in [3.63, 3.8) is 0 Å². The van der Waals surface area contributed by atoms with E-state index in [1.165, 1.54) is 18.2 Å². The topological polar surface area (TPSA) is 111 Å². The van der Waals surface area contributed by atoms with E-state index in [0.29, 0.717) is 17.8 Å². The van der Waals surface area contributed by atoms with Gasteiger partial charge in [0, 0.05) is 31.0 Å². The van der Waals surface area contributed by atoms with E-state index in [-0.39, 0.29) is 30.2 Å². The highest BCUT2D eigenvalue weighted by molar-refractivity contribution is 6.01. The molecular weight excluding hydrogens is 334 g/mol. The largest absolute Gasteiger partial charge is 0.508 e. The van der Waals surface area contributed by atoms with E-state index in [9.17, 15) is 19.8 Å². The molecule has 4 N–H and O–H groups in total. The zero-order valence-electron chi connectivity index (χ0n) is 14.4. The summed E-state index contributed by atoms with van der Waals surface area (Å²) in [6.45, 7) is 2.03. The summed E-state index contributed by atoms with van der Waals surface area (Å²) in [4.78, 5) is 23.6. The second-order valence-electron chi connectivity index (χ2n) is 5.70. The molecule has 0 heterocycles. The third-order valence-electron chi connectivity index (χ3n) is 3.63. The number of amides is 2. The number of benzene rings is 2. The molecule has 7 heteroatoms. The van der Waals surface area contributed by atoms with E-state index < -0.39 is 5.91 Å². The molecule has 2 amide bonds. The number of nitrogens with zero attached hydrogens (tertiary/aromatic N) is 1. The van der Waals surface area contributed by atoms with Crippen molar-refractivity contribution in [2.24, 2.45) is 5.10 Å². The number of rotatable bonds is 7. The van der Waals surface area contributed by atoms with Gasteiger partial charge in [0.25, 0.3) is 0 Å². The van der Waals surface area contributed by atoms with E-state index in [1.54, 1.807) is 6.92 Å². The van der Waals surface area contributed by atoms with Gasteiger partial charge in [-0.2, -0.15) is 5.10 Å². The second-order valence-corrected chi connectivity index (χ2v) is 5.70. The standard InChI is InChI=1S/C19H21N3O4/c1-13(16-8-7-15(23)11-17(16)24)21-22-19(26)10-9-18(25)20-12-14-5-3-2-4-6-14/h2-8,11,23-24H,9-10,12H2,1H3,(H,20,25)(H,22,26). The molecule has 0 bridgehead atoms. The number of hydrazone groups is 1. The van der Waals surface area contributed by atoms with Crippen LogP contribution in [0.4, 0.5) is 0 Å². The molecule has 2 aromatic rings. The van der Waals surface area contributed by atoms with E-state index >= 15 is 0 Å². The van der Waals surface area contributed by atoms with Crippen LogP contribution in [-0.4, -0.2) is 27.7 Å². The summed E-state index contributed by atoms with van der Waals surface area (Å²) < 4.78 is 0. The Morgan fingerprint density at radius 1 is 1.00 bits per heavy atom. The van der Waals surface area contributed by atoms with Gasteiger partial charge in [-0.1, -0.05) is 30.3 Å². The van der Waals surface area contributed by atoms with Crippen molar-refractivity contribution >= 4 is 17.5 Å². The van der Waals surface area contributed by atoms with E-state index in [1.807, 2.05) is 30.3 Å². The molecule has 2 rings (SSSR count). The number of hydrogen-bond donors (Lipinski definition) is 4. The van der Waals surface area contributed by atoms with Crippen molar-refractivity contribution < 1.29 is 19.8 Å². The second kappa shape index (κ2) is 9.22. The molecule has 0 aromatic heterocycles. The molecule has 0 saturated heterocycles. The zero-order valence-corrected chi connectivity index (χ0v) is 14.4. The van der Waals surface area contributed by atoms with Crippen LogP contribution >= 0.6 is 0 Å². The molecule has 0 saturated carbocycles. The first kappa shape index (κ1) is 19.0. The molecule has 0 aliphatic heterocycles. The summed E-state index contributed by atoms with van der Waals surface area (Å²) in [5.74, 6) is -0.830. The van der Waals surface area contributed by atoms with Gasteiger partial charge in [0.2, 0.25) is 11.8 Å². The number of nitrogens with one attached hydrogen (secondary N) is 2. The number of phenols is 2. The lowest BCUT2D eigenvalue weighted by Gasteiger charge is -2.06. The maximum absolute atomic E-state index is 11.8. The number of aromatic hydroxyl groups is 2. The quantitative estimate of drug-likeness (QED) is 0.450. The molecule has 0 aliphatic rings.